The average Bonchev–Trinajstić information content (AvgIpc) is 3.31. The normalized spacial score (nSPS) is 26.1. The van der Waals surface area contributed by atoms with Crippen molar-refractivity contribution in [2.75, 3.05) is 13.1 Å². The van der Waals surface area contributed by atoms with Crippen LogP contribution >= 0.6 is 0 Å². The van der Waals surface area contributed by atoms with Gasteiger partial charge in [-0.1, -0.05) is 5.16 Å². The lowest BCUT2D eigenvalue weighted by Gasteiger charge is -2.17. The number of amides is 1. The fourth-order valence-electron chi connectivity index (χ4n) is 4.07. The molecule has 0 spiro atoms. The molecule has 6 nitrogen and oxygen atoms in total. The van der Waals surface area contributed by atoms with Crippen LogP contribution in [0.3, 0.4) is 0 Å². The van der Waals surface area contributed by atoms with E-state index in [1.165, 1.54) is 0 Å². The number of aromatic nitrogens is 1. The third kappa shape index (κ3) is 2.55. The highest BCUT2D eigenvalue weighted by Crippen LogP contribution is 2.38. The van der Waals surface area contributed by atoms with E-state index in [0.717, 1.165) is 42.2 Å². The molecule has 128 valence electrons. The van der Waals surface area contributed by atoms with E-state index >= 15 is 0 Å². The summed E-state index contributed by atoms with van der Waals surface area (Å²) >= 11 is 0. The lowest BCUT2D eigenvalue weighted by atomic mass is 10.00. The zero-order chi connectivity index (χ0) is 16.8. The van der Waals surface area contributed by atoms with Crippen LogP contribution in [0.25, 0.3) is 0 Å². The van der Waals surface area contributed by atoms with Crippen molar-refractivity contribution < 1.29 is 18.8 Å². The Morgan fingerprint density at radius 1 is 1.33 bits per heavy atom. The molecule has 2 aliphatic rings. The van der Waals surface area contributed by atoms with Crippen molar-refractivity contribution in [3.8, 4) is 0 Å². The van der Waals surface area contributed by atoms with Crippen LogP contribution < -0.4 is 0 Å². The molecule has 3 unspecified atom stereocenters. The van der Waals surface area contributed by atoms with E-state index in [1.807, 2.05) is 24.8 Å². The molecule has 3 heterocycles. The minimum atomic E-state index is -0.264. The first kappa shape index (κ1) is 15.4. The smallest absolute Gasteiger partial charge is 0.289 e. The van der Waals surface area contributed by atoms with Crippen LogP contribution in [0.2, 0.25) is 0 Å². The third-order valence-corrected chi connectivity index (χ3v) is 5.51. The standard InChI is InChI=1S/C18H22N2O4/c1-10-14(11(2)24-19-10)7-13-4-6-17(23-13)18(22)20-8-12-3-5-16(21)15(12)9-20/h4,6,12,15-16,21H,3,5,7-9H2,1-2H3. The van der Waals surface area contributed by atoms with Crippen molar-refractivity contribution in [2.45, 2.75) is 39.2 Å². The Morgan fingerprint density at radius 3 is 2.88 bits per heavy atom. The molecule has 0 bridgehead atoms. The van der Waals surface area contributed by atoms with Crippen LogP contribution in [0.4, 0.5) is 0 Å². The second-order valence-electron chi connectivity index (χ2n) is 7.02. The highest BCUT2D eigenvalue weighted by atomic mass is 16.5. The van der Waals surface area contributed by atoms with Gasteiger partial charge in [-0.2, -0.15) is 0 Å². The summed E-state index contributed by atoms with van der Waals surface area (Å²) in [6, 6.07) is 3.57. The molecule has 0 aromatic carbocycles. The van der Waals surface area contributed by atoms with Gasteiger partial charge in [0.15, 0.2) is 5.76 Å². The van der Waals surface area contributed by atoms with E-state index in [9.17, 15) is 9.90 Å². The summed E-state index contributed by atoms with van der Waals surface area (Å²) in [5.41, 5.74) is 1.85. The summed E-state index contributed by atoms with van der Waals surface area (Å²) < 4.78 is 10.9. The third-order valence-electron chi connectivity index (χ3n) is 5.51. The lowest BCUT2D eigenvalue weighted by Crippen LogP contribution is -2.30. The first-order valence-corrected chi connectivity index (χ1v) is 8.50. The van der Waals surface area contributed by atoms with Gasteiger partial charge in [0.05, 0.1) is 11.8 Å². The molecule has 24 heavy (non-hydrogen) atoms. The number of carbonyl (C=O) groups is 1. The van der Waals surface area contributed by atoms with Crippen molar-refractivity contribution in [1.82, 2.24) is 10.1 Å². The Kier molecular flexibility index (Phi) is 3.72. The van der Waals surface area contributed by atoms with Crippen molar-refractivity contribution in [1.29, 1.82) is 0 Å². The largest absolute Gasteiger partial charge is 0.456 e. The number of aryl methyl sites for hydroxylation is 2. The number of furan rings is 1. The second kappa shape index (κ2) is 5.77. The Balaban J connectivity index is 1.46. The SMILES string of the molecule is Cc1noc(C)c1Cc1ccc(C(=O)N2CC3CCC(O)C3C2)o1. The van der Waals surface area contributed by atoms with Crippen LogP contribution in [0.5, 0.6) is 0 Å². The molecule has 2 aromatic rings. The van der Waals surface area contributed by atoms with Crippen molar-refractivity contribution in [3.63, 3.8) is 0 Å². The Morgan fingerprint density at radius 2 is 2.17 bits per heavy atom. The fraction of sp³-hybridized carbons (Fsp3) is 0.556. The zero-order valence-corrected chi connectivity index (χ0v) is 14.0. The van der Waals surface area contributed by atoms with E-state index in [4.69, 9.17) is 8.94 Å². The van der Waals surface area contributed by atoms with Crippen LogP contribution in [-0.2, 0) is 6.42 Å². The molecule has 2 aromatic heterocycles. The molecule has 1 saturated carbocycles. The predicted molar refractivity (Wildman–Crippen MR) is 85.6 cm³/mol. The molecule has 0 radical (unpaired) electrons. The number of hydrogen-bond acceptors (Lipinski definition) is 5. The van der Waals surface area contributed by atoms with Gasteiger partial charge in [0.25, 0.3) is 5.91 Å². The molecule has 1 aliphatic heterocycles. The first-order valence-electron chi connectivity index (χ1n) is 8.50. The number of aliphatic hydroxyl groups is 1. The molecule has 3 atom stereocenters. The van der Waals surface area contributed by atoms with Crippen molar-refractivity contribution in [3.05, 3.63) is 40.7 Å². The number of fused-ring (bicyclic) bond motifs is 1. The van der Waals surface area contributed by atoms with Gasteiger partial charge in [-0.05, 0) is 44.7 Å². The molecule has 1 aliphatic carbocycles. The summed E-state index contributed by atoms with van der Waals surface area (Å²) in [5, 5.41) is 13.9. The summed E-state index contributed by atoms with van der Waals surface area (Å²) in [7, 11) is 0. The number of nitrogens with zero attached hydrogens (tertiary/aromatic N) is 2. The molecular weight excluding hydrogens is 308 g/mol. The number of hydrogen-bond donors (Lipinski definition) is 1. The zero-order valence-electron chi connectivity index (χ0n) is 14.0. The van der Waals surface area contributed by atoms with E-state index in [1.54, 1.807) is 6.07 Å². The summed E-state index contributed by atoms with van der Waals surface area (Å²) in [5.74, 6) is 2.45. The highest BCUT2D eigenvalue weighted by Gasteiger charge is 2.43. The predicted octanol–water partition coefficient (Wildman–Crippen LogP) is 2.32. The van der Waals surface area contributed by atoms with Gasteiger partial charge in [0.2, 0.25) is 0 Å². The monoisotopic (exact) mass is 330 g/mol. The van der Waals surface area contributed by atoms with Gasteiger partial charge < -0.3 is 18.9 Å². The Bertz CT molecular complexity index is 743. The summed E-state index contributed by atoms with van der Waals surface area (Å²) in [6.45, 7) is 5.12. The number of carbonyl (C=O) groups excluding carboxylic acids is 1. The molecule has 1 N–H and O–H groups in total. The number of likely N-dealkylation sites (tertiary alicyclic amines) is 1. The second-order valence-corrected chi connectivity index (χ2v) is 7.02. The topological polar surface area (TPSA) is 79.7 Å². The van der Waals surface area contributed by atoms with E-state index in [2.05, 4.69) is 5.16 Å². The van der Waals surface area contributed by atoms with Gasteiger partial charge in [-0.25, -0.2) is 0 Å². The van der Waals surface area contributed by atoms with Crippen molar-refractivity contribution >= 4 is 5.91 Å². The number of aliphatic hydroxyl groups excluding tert-OH is 1. The van der Waals surface area contributed by atoms with E-state index < -0.39 is 0 Å². The molecular formula is C18H22N2O4. The first-order chi connectivity index (χ1) is 11.5. The molecule has 1 amide bonds. The summed E-state index contributed by atoms with van der Waals surface area (Å²) in [6.07, 6.45) is 2.17. The minimum absolute atomic E-state index is 0.0818. The van der Waals surface area contributed by atoms with E-state index in [-0.39, 0.29) is 17.9 Å². The van der Waals surface area contributed by atoms with Gasteiger partial charge in [0, 0.05) is 31.0 Å². The van der Waals surface area contributed by atoms with E-state index in [0.29, 0.717) is 24.6 Å². The van der Waals surface area contributed by atoms with Crippen LogP contribution in [-0.4, -0.2) is 40.3 Å². The van der Waals surface area contributed by atoms with Gasteiger partial charge >= 0.3 is 0 Å². The minimum Gasteiger partial charge on any atom is -0.456 e. The number of rotatable bonds is 3. The molecule has 2 fully saturated rings. The Labute approximate surface area is 140 Å². The van der Waals surface area contributed by atoms with Crippen LogP contribution in [0.15, 0.2) is 21.1 Å². The quantitative estimate of drug-likeness (QED) is 0.934. The van der Waals surface area contributed by atoms with Crippen LogP contribution in [0.1, 0.15) is 46.2 Å². The maximum Gasteiger partial charge on any atom is 0.289 e. The molecule has 4 rings (SSSR count). The van der Waals surface area contributed by atoms with Gasteiger partial charge in [-0.15, -0.1) is 0 Å². The molecule has 1 saturated heterocycles. The Hall–Kier alpha value is -2.08. The van der Waals surface area contributed by atoms with Crippen LogP contribution in [0, 0.1) is 25.7 Å². The maximum absolute atomic E-state index is 12.7. The average molecular weight is 330 g/mol. The van der Waals surface area contributed by atoms with Gasteiger partial charge in [0.1, 0.15) is 11.5 Å². The maximum atomic E-state index is 12.7. The van der Waals surface area contributed by atoms with Gasteiger partial charge in [-0.3, -0.25) is 4.79 Å². The lowest BCUT2D eigenvalue weighted by molar-refractivity contribution is 0.0720. The fourth-order valence-corrected chi connectivity index (χ4v) is 4.07. The van der Waals surface area contributed by atoms with Crippen molar-refractivity contribution in [2.24, 2.45) is 11.8 Å². The summed E-state index contributed by atoms with van der Waals surface area (Å²) in [4.78, 5) is 14.5. The highest BCUT2D eigenvalue weighted by molar-refractivity contribution is 5.91. The molecule has 6 heteroatoms.